The average Bonchev–Trinajstić information content (AvgIpc) is 3.51. The molecule has 2 heterocycles. The standard InChI is InChI=1S/C30H36N2O2S4/c1-7-17-15-23-27(21(11-5)19(17)9-3)31-29(35-23)37-25(33)13-14-26(34)38-30-32-28-22(12-6)20(10-4)18(8-2)16-24(28)36-30/h15-16H,7-14H2,1-6H3. The summed E-state index contributed by atoms with van der Waals surface area (Å²) in [6.45, 7) is 13.1. The predicted octanol–water partition coefficient (Wildman–Crippen LogP) is 9.00. The van der Waals surface area contributed by atoms with Crippen molar-refractivity contribution in [1.82, 2.24) is 9.97 Å². The lowest BCUT2D eigenvalue weighted by Crippen LogP contribution is -1.99. The first kappa shape index (κ1) is 29.2. The molecule has 0 amide bonds. The Morgan fingerprint density at radius 1 is 0.605 bits per heavy atom. The van der Waals surface area contributed by atoms with Crippen LogP contribution in [0.4, 0.5) is 0 Å². The lowest BCUT2D eigenvalue weighted by molar-refractivity contribution is -0.115. The number of thiazole rings is 2. The monoisotopic (exact) mass is 584 g/mol. The summed E-state index contributed by atoms with van der Waals surface area (Å²) in [7, 11) is 0. The van der Waals surface area contributed by atoms with Crippen molar-refractivity contribution >= 4 is 76.9 Å². The number of carbonyl (C=O) groups is 2. The first-order chi connectivity index (χ1) is 18.4. The van der Waals surface area contributed by atoms with Gasteiger partial charge in [0, 0.05) is 12.8 Å². The Morgan fingerprint density at radius 3 is 1.29 bits per heavy atom. The van der Waals surface area contributed by atoms with Crippen molar-refractivity contribution < 1.29 is 9.59 Å². The van der Waals surface area contributed by atoms with E-state index in [0.717, 1.165) is 67.6 Å². The Kier molecular flexibility index (Phi) is 10.1. The second-order valence-electron chi connectivity index (χ2n) is 9.21. The van der Waals surface area contributed by atoms with Gasteiger partial charge in [0.25, 0.3) is 0 Å². The van der Waals surface area contributed by atoms with Crippen LogP contribution in [0.25, 0.3) is 20.4 Å². The van der Waals surface area contributed by atoms with Crippen molar-refractivity contribution in [1.29, 1.82) is 0 Å². The van der Waals surface area contributed by atoms with E-state index in [9.17, 15) is 9.59 Å². The molecule has 2 aromatic heterocycles. The average molecular weight is 585 g/mol. The minimum atomic E-state index is -0.0137. The van der Waals surface area contributed by atoms with E-state index in [4.69, 9.17) is 9.97 Å². The lowest BCUT2D eigenvalue weighted by Gasteiger charge is -2.12. The van der Waals surface area contributed by atoms with Gasteiger partial charge in [-0.1, -0.05) is 41.5 Å². The van der Waals surface area contributed by atoms with Crippen molar-refractivity contribution in [2.75, 3.05) is 0 Å². The molecule has 0 saturated carbocycles. The largest absolute Gasteiger partial charge is 0.287 e. The Bertz CT molecular complexity index is 1370. The van der Waals surface area contributed by atoms with Crippen LogP contribution in [0.2, 0.25) is 0 Å². The number of hydrogen-bond donors (Lipinski definition) is 0. The van der Waals surface area contributed by atoms with Gasteiger partial charge >= 0.3 is 0 Å². The van der Waals surface area contributed by atoms with Crippen LogP contribution in [0.15, 0.2) is 20.8 Å². The molecule has 202 valence electrons. The summed E-state index contributed by atoms with van der Waals surface area (Å²) in [5.74, 6) is 0. The molecule has 4 nitrogen and oxygen atoms in total. The minimum absolute atomic E-state index is 0.0137. The van der Waals surface area contributed by atoms with Gasteiger partial charge in [-0.3, -0.25) is 9.59 Å². The fraction of sp³-hybridized carbons (Fsp3) is 0.467. The Morgan fingerprint density at radius 2 is 0.974 bits per heavy atom. The molecule has 2 aromatic carbocycles. The van der Waals surface area contributed by atoms with Gasteiger partial charge in [0.15, 0.2) is 18.9 Å². The summed E-state index contributed by atoms with van der Waals surface area (Å²) in [5.41, 5.74) is 10.2. The minimum Gasteiger partial charge on any atom is -0.287 e. The molecule has 0 fully saturated rings. The van der Waals surface area contributed by atoms with Gasteiger partial charge in [-0.05, 0) is 108 Å². The normalized spacial score (nSPS) is 11.6. The lowest BCUT2D eigenvalue weighted by atomic mass is 9.95. The number of fused-ring (bicyclic) bond motifs is 2. The molecule has 0 aliphatic carbocycles. The first-order valence-electron chi connectivity index (χ1n) is 13.7. The van der Waals surface area contributed by atoms with Crippen LogP contribution in [0.3, 0.4) is 0 Å². The predicted molar refractivity (Wildman–Crippen MR) is 166 cm³/mol. The van der Waals surface area contributed by atoms with Gasteiger partial charge in [0.1, 0.15) is 0 Å². The van der Waals surface area contributed by atoms with Crippen LogP contribution in [0, 0.1) is 0 Å². The van der Waals surface area contributed by atoms with E-state index in [-0.39, 0.29) is 23.1 Å². The molecule has 0 unspecified atom stereocenters. The smallest absolute Gasteiger partial charge is 0.196 e. The fourth-order valence-electron chi connectivity index (χ4n) is 5.28. The highest BCUT2D eigenvalue weighted by Crippen LogP contribution is 2.38. The van der Waals surface area contributed by atoms with Gasteiger partial charge in [-0.25, -0.2) is 9.97 Å². The van der Waals surface area contributed by atoms with Crippen molar-refractivity contribution in [2.24, 2.45) is 0 Å². The summed E-state index contributed by atoms with van der Waals surface area (Å²) in [6.07, 6.45) is 6.28. The molecule has 4 rings (SSSR count). The highest BCUT2D eigenvalue weighted by molar-refractivity contribution is 8.15. The van der Waals surface area contributed by atoms with E-state index in [0.29, 0.717) is 0 Å². The second-order valence-corrected chi connectivity index (χ2v) is 13.9. The van der Waals surface area contributed by atoms with Crippen molar-refractivity contribution in [2.45, 2.75) is 102 Å². The van der Waals surface area contributed by atoms with Crippen LogP contribution in [-0.4, -0.2) is 20.2 Å². The number of carbonyl (C=O) groups excluding carboxylic acids is 2. The van der Waals surface area contributed by atoms with E-state index in [1.165, 1.54) is 56.9 Å². The van der Waals surface area contributed by atoms with Crippen LogP contribution >= 0.6 is 46.2 Å². The third kappa shape index (κ3) is 6.03. The summed E-state index contributed by atoms with van der Waals surface area (Å²) in [4.78, 5) is 35.2. The topological polar surface area (TPSA) is 59.9 Å². The zero-order chi connectivity index (χ0) is 27.4. The van der Waals surface area contributed by atoms with Gasteiger partial charge in [0.2, 0.25) is 0 Å². The number of rotatable bonds is 11. The maximum atomic E-state index is 12.8. The quantitative estimate of drug-likeness (QED) is 0.164. The highest BCUT2D eigenvalue weighted by Gasteiger charge is 2.19. The van der Waals surface area contributed by atoms with Crippen LogP contribution in [-0.2, 0) is 48.1 Å². The molecular formula is C30H36N2O2S4. The van der Waals surface area contributed by atoms with Gasteiger partial charge in [-0.15, -0.1) is 22.7 Å². The Hall–Kier alpha value is -1.74. The summed E-state index contributed by atoms with van der Waals surface area (Å²) in [6, 6.07) is 4.49. The van der Waals surface area contributed by atoms with E-state index in [1.54, 1.807) is 22.7 Å². The zero-order valence-electron chi connectivity index (χ0n) is 23.2. The third-order valence-corrected chi connectivity index (χ3v) is 11.1. The maximum Gasteiger partial charge on any atom is 0.196 e. The molecule has 8 heteroatoms. The van der Waals surface area contributed by atoms with Crippen LogP contribution < -0.4 is 0 Å². The molecule has 0 N–H and O–H groups in total. The molecule has 0 saturated heterocycles. The summed E-state index contributed by atoms with van der Waals surface area (Å²) in [5, 5.41) is -0.0274. The van der Waals surface area contributed by atoms with Crippen molar-refractivity contribution in [3.63, 3.8) is 0 Å². The first-order valence-corrected chi connectivity index (χ1v) is 16.9. The van der Waals surface area contributed by atoms with E-state index < -0.39 is 0 Å². The van der Waals surface area contributed by atoms with Gasteiger partial charge in [-0.2, -0.15) is 0 Å². The number of nitrogens with zero attached hydrogens (tertiary/aromatic N) is 2. The van der Waals surface area contributed by atoms with E-state index in [1.807, 2.05) is 0 Å². The molecule has 0 bridgehead atoms. The fourth-order valence-corrected chi connectivity index (χ4v) is 9.36. The third-order valence-electron chi connectivity index (χ3n) is 7.07. The summed E-state index contributed by atoms with van der Waals surface area (Å²) < 4.78 is 3.84. The van der Waals surface area contributed by atoms with E-state index in [2.05, 4.69) is 53.7 Å². The van der Waals surface area contributed by atoms with E-state index >= 15 is 0 Å². The number of thioether (sulfide) groups is 2. The number of hydrogen-bond acceptors (Lipinski definition) is 8. The summed E-state index contributed by atoms with van der Waals surface area (Å²) >= 11 is 5.52. The van der Waals surface area contributed by atoms with Crippen molar-refractivity contribution in [3.05, 3.63) is 45.5 Å². The van der Waals surface area contributed by atoms with Gasteiger partial charge < -0.3 is 0 Å². The number of aryl methyl sites for hydroxylation is 4. The molecule has 0 aliphatic heterocycles. The maximum absolute atomic E-state index is 12.8. The molecule has 0 radical (unpaired) electrons. The zero-order valence-corrected chi connectivity index (χ0v) is 26.4. The second kappa shape index (κ2) is 13.1. The van der Waals surface area contributed by atoms with Crippen LogP contribution in [0.1, 0.15) is 87.8 Å². The molecule has 0 spiro atoms. The molecule has 0 aliphatic rings. The Balaban J connectivity index is 1.42. The highest BCUT2D eigenvalue weighted by atomic mass is 32.2. The molecule has 0 atom stereocenters. The molecular weight excluding hydrogens is 549 g/mol. The van der Waals surface area contributed by atoms with Crippen molar-refractivity contribution in [3.8, 4) is 0 Å². The SMILES string of the molecule is CCc1cc2sc(SC(=O)CCC(=O)Sc3nc4c(CC)c(CC)c(CC)cc4s3)nc2c(CC)c1CC. The molecule has 4 aromatic rings. The molecule has 38 heavy (non-hydrogen) atoms. The number of benzene rings is 2. The number of aromatic nitrogens is 2. The van der Waals surface area contributed by atoms with Gasteiger partial charge in [0.05, 0.1) is 20.4 Å². The van der Waals surface area contributed by atoms with Crippen LogP contribution in [0.5, 0.6) is 0 Å². The Labute approximate surface area is 242 Å².